The largest absolute Gasteiger partial charge is 0.465 e. The van der Waals surface area contributed by atoms with Crippen LogP contribution in [0.25, 0.3) is 0 Å². The van der Waals surface area contributed by atoms with E-state index in [1.807, 2.05) is 0 Å². The molecule has 0 atom stereocenters. The van der Waals surface area contributed by atoms with E-state index >= 15 is 0 Å². The van der Waals surface area contributed by atoms with Crippen LogP contribution in [0.15, 0.2) is 23.3 Å². The van der Waals surface area contributed by atoms with Crippen LogP contribution < -0.4 is 11.2 Å². The van der Waals surface area contributed by atoms with Crippen molar-refractivity contribution in [1.29, 1.82) is 10.7 Å². The van der Waals surface area contributed by atoms with Crippen LogP contribution in [-0.4, -0.2) is 37.7 Å². The number of rotatable bonds is 5. The van der Waals surface area contributed by atoms with E-state index in [9.17, 15) is 9.59 Å². The van der Waals surface area contributed by atoms with Gasteiger partial charge in [-0.3, -0.25) is 10.8 Å². The number of nitrogens with one attached hydrogen (secondary N) is 2. The van der Waals surface area contributed by atoms with Crippen LogP contribution in [0.5, 0.6) is 0 Å². The molecule has 1 rings (SSSR count). The van der Waals surface area contributed by atoms with E-state index in [4.69, 9.17) is 16.4 Å². The summed E-state index contributed by atoms with van der Waals surface area (Å²) in [6.45, 7) is 0. The molecule has 0 aliphatic rings. The standard InChI is InChI=1S/C13H13N5O4/c1-21-12(19)7-4-3-5-8(10(7)13(20)22-2)17-18-9(6-14)11(15)16/h3-5,17H,1-2H3,(H3,15,16)/b18-9+. The van der Waals surface area contributed by atoms with Gasteiger partial charge in [0, 0.05) is 0 Å². The SMILES string of the molecule is COC(=O)c1cccc(N/N=C(\C#N)C(=N)N)c1C(=O)OC. The quantitative estimate of drug-likeness (QED) is 0.310. The zero-order valence-corrected chi connectivity index (χ0v) is 11.8. The summed E-state index contributed by atoms with van der Waals surface area (Å²) in [7, 11) is 2.32. The number of hydrazone groups is 1. The zero-order valence-electron chi connectivity index (χ0n) is 11.8. The van der Waals surface area contributed by atoms with Gasteiger partial charge >= 0.3 is 11.9 Å². The summed E-state index contributed by atoms with van der Waals surface area (Å²) in [5.74, 6) is -2.07. The highest BCUT2D eigenvalue weighted by Crippen LogP contribution is 2.22. The third-order valence-electron chi connectivity index (χ3n) is 2.51. The molecule has 0 saturated carbocycles. The second kappa shape index (κ2) is 7.39. The molecular weight excluding hydrogens is 290 g/mol. The fraction of sp³-hybridized carbons (Fsp3) is 0.154. The highest BCUT2D eigenvalue weighted by Gasteiger charge is 2.22. The lowest BCUT2D eigenvalue weighted by molar-refractivity contribution is 0.0556. The maximum absolute atomic E-state index is 11.9. The van der Waals surface area contributed by atoms with Crippen molar-refractivity contribution in [2.45, 2.75) is 0 Å². The lowest BCUT2D eigenvalue weighted by Gasteiger charge is -2.11. The molecule has 0 aromatic heterocycles. The summed E-state index contributed by atoms with van der Waals surface area (Å²) < 4.78 is 9.22. The van der Waals surface area contributed by atoms with E-state index in [0.717, 1.165) is 7.11 Å². The molecule has 0 bridgehead atoms. The second-order valence-corrected chi connectivity index (χ2v) is 3.81. The smallest absolute Gasteiger partial charge is 0.340 e. The molecule has 0 heterocycles. The lowest BCUT2D eigenvalue weighted by Crippen LogP contribution is -2.22. The first kappa shape index (κ1) is 16.6. The number of methoxy groups -OCH3 is 2. The third-order valence-corrected chi connectivity index (χ3v) is 2.51. The van der Waals surface area contributed by atoms with Crippen molar-refractivity contribution < 1.29 is 19.1 Å². The molecule has 114 valence electrons. The van der Waals surface area contributed by atoms with Gasteiger partial charge < -0.3 is 15.2 Å². The minimum Gasteiger partial charge on any atom is -0.465 e. The van der Waals surface area contributed by atoms with Gasteiger partial charge in [-0.15, -0.1) is 0 Å². The van der Waals surface area contributed by atoms with Gasteiger partial charge in [0.2, 0.25) is 5.71 Å². The number of hydrogen-bond acceptors (Lipinski definition) is 8. The van der Waals surface area contributed by atoms with Gasteiger partial charge in [-0.25, -0.2) is 9.59 Å². The minimum absolute atomic E-state index is 0.0316. The predicted molar refractivity (Wildman–Crippen MR) is 77.7 cm³/mol. The number of amidine groups is 1. The Morgan fingerprint density at radius 3 is 2.45 bits per heavy atom. The molecule has 1 aromatic carbocycles. The van der Waals surface area contributed by atoms with Gasteiger partial charge in [0.15, 0.2) is 5.84 Å². The third kappa shape index (κ3) is 3.57. The van der Waals surface area contributed by atoms with Gasteiger partial charge in [0.25, 0.3) is 0 Å². The second-order valence-electron chi connectivity index (χ2n) is 3.81. The minimum atomic E-state index is -0.792. The van der Waals surface area contributed by atoms with Crippen molar-refractivity contribution in [3.8, 4) is 6.07 Å². The summed E-state index contributed by atoms with van der Waals surface area (Å²) >= 11 is 0. The first-order chi connectivity index (χ1) is 10.5. The number of esters is 2. The van der Waals surface area contributed by atoms with Gasteiger partial charge in [-0.2, -0.15) is 10.4 Å². The number of benzene rings is 1. The zero-order chi connectivity index (χ0) is 16.7. The Labute approximate surface area is 125 Å². The summed E-state index contributed by atoms with van der Waals surface area (Å²) in [5, 5.41) is 19.5. The molecule has 4 N–H and O–H groups in total. The Morgan fingerprint density at radius 1 is 1.32 bits per heavy atom. The van der Waals surface area contributed by atoms with E-state index in [-0.39, 0.29) is 22.5 Å². The van der Waals surface area contributed by atoms with Crippen LogP contribution >= 0.6 is 0 Å². The topological polar surface area (TPSA) is 151 Å². The Bertz CT molecular complexity index is 690. The maximum Gasteiger partial charge on any atom is 0.340 e. The molecule has 0 amide bonds. The van der Waals surface area contributed by atoms with Crippen molar-refractivity contribution in [2.24, 2.45) is 10.8 Å². The van der Waals surface area contributed by atoms with Crippen LogP contribution in [0, 0.1) is 16.7 Å². The average molecular weight is 303 g/mol. The fourth-order valence-corrected chi connectivity index (χ4v) is 1.51. The summed E-state index contributed by atoms with van der Waals surface area (Å²) in [6, 6.07) is 5.92. The predicted octanol–water partition coefficient (Wildman–Crippen LogP) is 0.487. The van der Waals surface area contributed by atoms with Crippen LogP contribution in [-0.2, 0) is 9.47 Å². The molecule has 1 aromatic rings. The van der Waals surface area contributed by atoms with Gasteiger partial charge in [-0.05, 0) is 12.1 Å². The molecule has 0 aliphatic carbocycles. The molecule has 0 saturated heterocycles. The number of nitrogens with zero attached hydrogens (tertiary/aromatic N) is 2. The van der Waals surface area contributed by atoms with Gasteiger partial charge in [0.05, 0.1) is 31.0 Å². The number of carbonyl (C=O) groups excluding carboxylic acids is 2. The number of ether oxygens (including phenoxy) is 2. The van der Waals surface area contributed by atoms with Crippen molar-refractivity contribution in [1.82, 2.24) is 0 Å². The van der Waals surface area contributed by atoms with Crippen LogP contribution in [0.4, 0.5) is 5.69 Å². The van der Waals surface area contributed by atoms with E-state index < -0.39 is 17.8 Å². The van der Waals surface area contributed by atoms with E-state index in [0.29, 0.717) is 0 Å². The first-order valence-corrected chi connectivity index (χ1v) is 5.84. The van der Waals surface area contributed by atoms with Gasteiger partial charge in [-0.1, -0.05) is 6.07 Å². The number of carbonyl (C=O) groups is 2. The van der Waals surface area contributed by atoms with E-state index in [2.05, 4.69) is 20.0 Å². The van der Waals surface area contributed by atoms with Crippen LogP contribution in [0.3, 0.4) is 0 Å². The molecule has 9 nitrogen and oxygen atoms in total. The summed E-state index contributed by atoms with van der Waals surface area (Å²) in [6.07, 6.45) is 0. The van der Waals surface area contributed by atoms with E-state index in [1.165, 1.54) is 25.3 Å². The highest BCUT2D eigenvalue weighted by molar-refractivity contribution is 6.45. The Balaban J connectivity index is 3.36. The Hall–Kier alpha value is -3.41. The highest BCUT2D eigenvalue weighted by atomic mass is 16.5. The molecule has 9 heteroatoms. The molecule has 0 unspecified atom stereocenters. The maximum atomic E-state index is 11.9. The van der Waals surface area contributed by atoms with Crippen molar-refractivity contribution >= 4 is 29.2 Å². The molecule has 22 heavy (non-hydrogen) atoms. The molecule has 0 aliphatic heterocycles. The number of nitriles is 1. The normalized spacial score (nSPS) is 10.3. The Morgan fingerprint density at radius 2 is 1.95 bits per heavy atom. The molecule has 0 radical (unpaired) electrons. The van der Waals surface area contributed by atoms with Gasteiger partial charge in [0.1, 0.15) is 6.07 Å². The van der Waals surface area contributed by atoms with E-state index in [1.54, 1.807) is 6.07 Å². The van der Waals surface area contributed by atoms with Crippen molar-refractivity contribution in [2.75, 3.05) is 19.6 Å². The molecular formula is C13H13N5O4. The summed E-state index contributed by atoms with van der Waals surface area (Å²) in [4.78, 5) is 23.6. The molecule has 0 spiro atoms. The average Bonchev–Trinajstić information content (AvgIpc) is 2.53. The Kier molecular flexibility index (Phi) is 5.59. The van der Waals surface area contributed by atoms with Crippen LogP contribution in [0.2, 0.25) is 0 Å². The monoisotopic (exact) mass is 303 g/mol. The van der Waals surface area contributed by atoms with Crippen molar-refractivity contribution in [3.05, 3.63) is 29.3 Å². The first-order valence-electron chi connectivity index (χ1n) is 5.84. The fourth-order valence-electron chi connectivity index (χ4n) is 1.51. The van der Waals surface area contributed by atoms with Crippen molar-refractivity contribution in [3.63, 3.8) is 0 Å². The lowest BCUT2D eigenvalue weighted by atomic mass is 10.1. The number of nitrogens with two attached hydrogens (primary N) is 1. The van der Waals surface area contributed by atoms with Crippen LogP contribution in [0.1, 0.15) is 20.7 Å². The number of hydrogen-bond donors (Lipinski definition) is 3. The molecule has 0 fully saturated rings. The number of anilines is 1. The summed E-state index contributed by atoms with van der Waals surface area (Å²) in [5.41, 5.74) is 7.16.